The molecular formula is C15H17F2NO3. The minimum Gasteiger partial charge on any atom is -0.467 e. The lowest BCUT2D eigenvalue weighted by atomic mass is 10.00. The first-order valence-corrected chi connectivity index (χ1v) is 6.80. The van der Waals surface area contributed by atoms with Crippen LogP contribution in [0.1, 0.15) is 35.2 Å². The van der Waals surface area contributed by atoms with Crippen molar-refractivity contribution in [3.05, 3.63) is 34.9 Å². The summed E-state index contributed by atoms with van der Waals surface area (Å²) in [6, 6.07) is 1.16. The van der Waals surface area contributed by atoms with Gasteiger partial charge in [-0.25, -0.2) is 13.6 Å². The number of ether oxygens (including phenoxy) is 1. The van der Waals surface area contributed by atoms with E-state index in [1.807, 2.05) is 0 Å². The number of amides is 1. The van der Waals surface area contributed by atoms with Crippen LogP contribution in [-0.2, 0) is 9.53 Å². The van der Waals surface area contributed by atoms with Crippen LogP contribution >= 0.6 is 0 Å². The standard InChI is InChI=1S/C15H17F2NO3/c1-9-7-10(12(17)8-11(9)16)14(19)18-6-4-3-5-13(18)15(20)21-2/h7-8,13H,3-6H2,1-2H3. The highest BCUT2D eigenvalue weighted by Gasteiger charge is 2.34. The van der Waals surface area contributed by atoms with Gasteiger partial charge in [-0.15, -0.1) is 0 Å². The maximum Gasteiger partial charge on any atom is 0.328 e. The van der Waals surface area contributed by atoms with Gasteiger partial charge < -0.3 is 9.64 Å². The summed E-state index contributed by atoms with van der Waals surface area (Å²) in [5.41, 5.74) is -0.0314. The molecule has 0 aliphatic carbocycles. The van der Waals surface area contributed by atoms with Crippen LogP contribution < -0.4 is 0 Å². The van der Waals surface area contributed by atoms with E-state index in [4.69, 9.17) is 4.74 Å². The van der Waals surface area contributed by atoms with Gasteiger partial charge in [0.2, 0.25) is 0 Å². The van der Waals surface area contributed by atoms with Crippen molar-refractivity contribution in [2.24, 2.45) is 0 Å². The number of hydrogen-bond acceptors (Lipinski definition) is 3. The van der Waals surface area contributed by atoms with Crippen molar-refractivity contribution in [2.45, 2.75) is 32.2 Å². The molecule has 1 heterocycles. The van der Waals surface area contributed by atoms with E-state index >= 15 is 0 Å². The number of rotatable bonds is 2. The van der Waals surface area contributed by atoms with Crippen molar-refractivity contribution in [3.8, 4) is 0 Å². The van der Waals surface area contributed by atoms with Gasteiger partial charge in [0.1, 0.15) is 17.7 Å². The third kappa shape index (κ3) is 3.04. The van der Waals surface area contributed by atoms with Crippen LogP contribution in [0.3, 0.4) is 0 Å². The number of aryl methyl sites for hydroxylation is 1. The summed E-state index contributed by atoms with van der Waals surface area (Å²) in [5, 5.41) is 0. The van der Waals surface area contributed by atoms with Crippen LogP contribution in [0.5, 0.6) is 0 Å². The highest BCUT2D eigenvalue weighted by Crippen LogP contribution is 2.23. The van der Waals surface area contributed by atoms with Gasteiger partial charge in [0.15, 0.2) is 0 Å². The fourth-order valence-corrected chi connectivity index (χ4v) is 2.53. The predicted molar refractivity (Wildman–Crippen MR) is 71.8 cm³/mol. The first-order chi connectivity index (χ1) is 9.95. The molecule has 6 heteroatoms. The molecule has 1 aliphatic rings. The molecule has 1 aromatic rings. The summed E-state index contributed by atoms with van der Waals surface area (Å²) >= 11 is 0. The normalized spacial score (nSPS) is 18.5. The topological polar surface area (TPSA) is 46.6 Å². The van der Waals surface area contributed by atoms with Crippen LogP contribution in [0.25, 0.3) is 0 Å². The molecule has 0 bridgehead atoms. The molecule has 1 aromatic carbocycles. The van der Waals surface area contributed by atoms with Gasteiger partial charge in [-0.1, -0.05) is 0 Å². The van der Waals surface area contributed by atoms with Crippen molar-refractivity contribution in [3.63, 3.8) is 0 Å². The lowest BCUT2D eigenvalue weighted by Crippen LogP contribution is -2.48. The molecule has 1 amide bonds. The summed E-state index contributed by atoms with van der Waals surface area (Å²) in [4.78, 5) is 25.5. The molecule has 0 N–H and O–H groups in total. The monoisotopic (exact) mass is 297 g/mol. The molecule has 0 radical (unpaired) electrons. The molecule has 114 valence electrons. The Hall–Kier alpha value is -1.98. The van der Waals surface area contributed by atoms with E-state index in [2.05, 4.69) is 0 Å². The highest BCUT2D eigenvalue weighted by atomic mass is 19.1. The van der Waals surface area contributed by atoms with Gasteiger partial charge in [0.25, 0.3) is 5.91 Å². The largest absolute Gasteiger partial charge is 0.467 e. The SMILES string of the molecule is COC(=O)C1CCCCN1C(=O)c1cc(C)c(F)cc1F. The number of esters is 1. The molecule has 1 atom stereocenters. The molecule has 4 nitrogen and oxygen atoms in total. The maximum atomic E-state index is 13.8. The second-order valence-electron chi connectivity index (χ2n) is 5.11. The molecule has 1 fully saturated rings. The maximum absolute atomic E-state index is 13.8. The van der Waals surface area contributed by atoms with E-state index in [1.165, 1.54) is 25.0 Å². The third-order valence-electron chi connectivity index (χ3n) is 3.72. The Labute approximate surface area is 121 Å². The van der Waals surface area contributed by atoms with Crippen LogP contribution in [0.15, 0.2) is 12.1 Å². The van der Waals surface area contributed by atoms with Gasteiger partial charge in [0.05, 0.1) is 12.7 Å². The minimum atomic E-state index is -0.919. The summed E-state index contributed by atoms with van der Waals surface area (Å²) in [5.74, 6) is -2.74. The van der Waals surface area contributed by atoms with E-state index in [1.54, 1.807) is 0 Å². The van der Waals surface area contributed by atoms with Gasteiger partial charge in [-0.05, 0) is 37.8 Å². The van der Waals surface area contributed by atoms with Crippen LogP contribution in [-0.4, -0.2) is 36.5 Å². The zero-order valence-corrected chi connectivity index (χ0v) is 12.0. The summed E-state index contributed by atoms with van der Waals surface area (Å²) in [6.07, 6.45) is 2.02. The Morgan fingerprint density at radius 1 is 1.24 bits per heavy atom. The Balaban J connectivity index is 2.33. The first kappa shape index (κ1) is 15.4. The first-order valence-electron chi connectivity index (χ1n) is 6.80. The molecule has 0 spiro atoms. The summed E-state index contributed by atoms with van der Waals surface area (Å²) < 4.78 is 31.8. The van der Waals surface area contributed by atoms with Crippen molar-refractivity contribution in [1.82, 2.24) is 4.90 Å². The molecule has 1 aliphatic heterocycles. The van der Waals surface area contributed by atoms with Gasteiger partial charge in [-0.2, -0.15) is 0 Å². The zero-order valence-electron chi connectivity index (χ0n) is 12.0. The summed E-state index contributed by atoms with van der Waals surface area (Å²) in [6.45, 7) is 1.81. The minimum absolute atomic E-state index is 0.186. The average Bonchev–Trinajstić information content (AvgIpc) is 2.49. The molecule has 1 saturated heterocycles. The van der Waals surface area contributed by atoms with E-state index in [-0.39, 0.29) is 11.1 Å². The van der Waals surface area contributed by atoms with Crippen molar-refractivity contribution in [1.29, 1.82) is 0 Å². The van der Waals surface area contributed by atoms with Crippen LogP contribution in [0, 0.1) is 18.6 Å². The van der Waals surface area contributed by atoms with Gasteiger partial charge in [0, 0.05) is 12.6 Å². The highest BCUT2D eigenvalue weighted by molar-refractivity contribution is 5.97. The van der Waals surface area contributed by atoms with Crippen LogP contribution in [0.4, 0.5) is 8.78 Å². The van der Waals surface area contributed by atoms with Crippen molar-refractivity contribution < 1.29 is 23.1 Å². The zero-order chi connectivity index (χ0) is 15.6. The Morgan fingerprint density at radius 3 is 2.62 bits per heavy atom. The van der Waals surface area contributed by atoms with E-state index in [0.717, 1.165) is 12.8 Å². The Kier molecular flexibility index (Phi) is 4.55. The quantitative estimate of drug-likeness (QED) is 0.788. The number of methoxy groups -OCH3 is 1. The lowest BCUT2D eigenvalue weighted by molar-refractivity contribution is -0.147. The predicted octanol–water partition coefficient (Wildman–Crippen LogP) is 2.44. The van der Waals surface area contributed by atoms with E-state index in [9.17, 15) is 18.4 Å². The molecule has 1 unspecified atom stereocenters. The van der Waals surface area contributed by atoms with Gasteiger partial charge >= 0.3 is 5.97 Å². The van der Waals surface area contributed by atoms with E-state index < -0.39 is 29.6 Å². The Morgan fingerprint density at radius 2 is 1.95 bits per heavy atom. The number of benzene rings is 1. The number of carbonyl (C=O) groups excluding carboxylic acids is 2. The molecular weight excluding hydrogens is 280 g/mol. The fourth-order valence-electron chi connectivity index (χ4n) is 2.53. The third-order valence-corrected chi connectivity index (χ3v) is 3.72. The number of piperidine rings is 1. The number of likely N-dealkylation sites (tertiary alicyclic amines) is 1. The van der Waals surface area contributed by atoms with E-state index in [0.29, 0.717) is 19.0 Å². The Bertz CT molecular complexity index is 574. The average molecular weight is 297 g/mol. The smallest absolute Gasteiger partial charge is 0.328 e. The molecule has 21 heavy (non-hydrogen) atoms. The number of nitrogens with zero attached hydrogens (tertiary/aromatic N) is 1. The number of carbonyl (C=O) groups is 2. The number of hydrogen-bond donors (Lipinski definition) is 0. The van der Waals surface area contributed by atoms with Crippen LogP contribution in [0.2, 0.25) is 0 Å². The van der Waals surface area contributed by atoms with Crippen molar-refractivity contribution in [2.75, 3.05) is 13.7 Å². The fraction of sp³-hybridized carbons (Fsp3) is 0.467. The molecule has 0 saturated carbocycles. The second-order valence-corrected chi connectivity index (χ2v) is 5.11. The molecule has 0 aromatic heterocycles. The number of halogens is 2. The summed E-state index contributed by atoms with van der Waals surface area (Å²) in [7, 11) is 1.25. The second kappa shape index (κ2) is 6.20. The van der Waals surface area contributed by atoms with Gasteiger partial charge in [-0.3, -0.25) is 4.79 Å². The van der Waals surface area contributed by atoms with Crippen molar-refractivity contribution >= 4 is 11.9 Å². The molecule has 2 rings (SSSR count). The lowest BCUT2D eigenvalue weighted by Gasteiger charge is -2.33.